The first-order valence-electron chi connectivity index (χ1n) is 9.88. The molecular formula is C22H31N3O3. The number of hydrogen-bond acceptors (Lipinski definition) is 4. The average Bonchev–Trinajstić information content (AvgIpc) is 3.04. The Morgan fingerprint density at radius 1 is 1.21 bits per heavy atom. The molecule has 0 unspecified atom stereocenters. The van der Waals surface area contributed by atoms with Crippen molar-refractivity contribution < 1.29 is 14.6 Å². The van der Waals surface area contributed by atoms with Gasteiger partial charge in [-0.1, -0.05) is 32.9 Å². The number of hydrogen-bond donors (Lipinski definition) is 1. The minimum atomic E-state index is -0.800. The predicted molar refractivity (Wildman–Crippen MR) is 108 cm³/mol. The number of aliphatic hydroxyl groups is 1. The van der Waals surface area contributed by atoms with E-state index in [1.54, 1.807) is 11.1 Å². The van der Waals surface area contributed by atoms with Crippen molar-refractivity contribution in [2.24, 2.45) is 0 Å². The van der Waals surface area contributed by atoms with Crippen LogP contribution in [-0.2, 0) is 16.8 Å². The van der Waals surface area contributed by atoms with Gasteiger partial charge in [0.1, 0.15) is 11.6 Å². The number of imidazole rings is 1. The van der Waals surface area contributed by atoms with Crippen molar-refractivity contribution in [1.29, 1.82) is 0 Å². The molecule has 1 aliphatic heterocycles. The van der Waals surface area contributed by atoms with E-state index in [4.69, 9.17) is 4.74 Å². The number of piperidine rings is 1. The molecule has 0 saturated carbocycles. The molecule has 1 fully saturated rings. The van der Waals surface area contributed by atoms with Crippen LogP contribution in [0.3, 0.4) is 0 Å². The third kappa shape index (κ3) is 4.93. The van der Waals surface area contributed by atoms with Gasteiger partial charge in [0.2, 0.25) is 0 Å². The van der Waals surface area contributed by atoms with Gasteiger partial charge in [-0.3, -0.25) is 4.79 Å². The quantitative estimate of drug-likeness (QED) is 0.859. The first-order valence-corrected chi connectivity index (χ1v) is 9.88. The van der Waals surface area contributed by atoms with Gasteiger partial charge in [0.25, 0.3) is 5.91 Å². The SMILES string of the molecule is Cc1nccn1CC1(O)CCN(C(=O)COc2ccc(C(C)(C)C)cc2)CC1. The van der Waals surface area contributed by atoms with Crippen LogP contribution in [0, 0.1) is 6.92 Å². The van der Waals surface area contributed by atoms with E-state index in [2.05, 4.69) is 25.8 Å². The molecule has 0 atom stereocenters. The molecule has 152 valence electrons. The van der Waals surface area contributed by atoms with Crippen molar-refractivity contribution >= 4 is 5.91 Å². The topological polar surface area (TPSA) is 67.6 Å². The fourth-order valence-electron chi connectivity index (χ4n) is 3.51. The highest BCUT2D eigenvalue weighted by Gasteiger charge is 2.34. The summed E-state index contributed by atoms with van der Waals surface area (Å²) in [5.41, 5.74) is 0.523. The number of ether oxygens (including phenoxy) is 1. The van der Waals surface area contributed by atoms with E-state index in [0.717, 1.165) is 5.82 Å². The molecular weight excluding hydrogens is 354 g/mol. The van der Waals surface area contributed by atoms with Crippen LogP contribution < -0.4 is 4.74 Å². The molecule has 1 amide bonds. The summed E-state index contributed by atoms with van der Waals surface area (Å²) in [6.07, 6.45) is 4.72. The fraction of sp³-hybridized carbons (Fsp3) is 0.545. The number of aryl methyl sites for hydroxylation is 1. The van der Waals surface area contributed by atoms with E-state index in [1.807, 2.05) is 42.0 Å². The second-order valence-corrected chi connectivity index (χ2v) is 8.77. The molecule has 6 nitrogen and oxygen atoms in total. The highest BCUT2D eigenvalue weighted by atomic mass is 16.5. The maximum Gasteiger partial charge on any atom is 0.260 e. The van der Waals surface area contributed by atoms with E-state index in [0.29, 0.717) is 38.2 Å². The summed E-state index contributed by atoms with van der Waals surface area (Å²) in [4.78, 5) is 18.5. The van der Waals surface area contributed by atoms with Crippen molar-refractivity contribution in [3.05, 3.63) is 48.0 Å². The summed E-state index contributed by atoms with van der Waals surface area (Å²) >= 11 is 0. The van der Waals surface area contributed by atoms with Gasteiger partial charge in [0.15, 0.2) is 6.61 Å². The Kier molecular flexibility index (Phi) is 5.79. The molecule has 2 aromatic rings. The molecule has 3 rings (SSSR count). The van der Waals surface area contributed by atoms with E-state index in [9.17, 15) is 9.90 Å². The summed E-state index contributed by atoms with van der Waals surface area (Å²) in [5, 5.41) is 10.8. The van der Waals surface area contributed by atoms with Crippen molar-refractivity contribution in [1.82, 2.24) is 14.5 Å². The zero-order valence-corrected chi connectivity index (χ0v) is 17.3. The molecule has 1 aromatic carbocycles. The van der Waals surface area contributed by atoms with E-state index in [-0.39, 0.29) is 17.9 Å². The minimum Gasteiger partial charge on any atom is -0.484 e. The minimum absolute atomic E-state index is 0.0217. The molecule has 1 saturated heterocycles. The van der Waals surface area contributed by atoms with Gasteiger partial charge >= 0.3 is 0 Å². The van der Waals surface area contributed by atoms with Crippen LogP contribution in [0.15, 0.2) is 36.7 Å². The lowest BCUT2D eigenvalue weighted by Crippen LogP contribution is -2.49. The molecule has 0 radical (unpaired) electrons. The number of carbonyl (C=O) groups excluding carboxylic acids is 1. The summed E-state index contributed by atoms with van der Waals surface area (Å²) in [6.45, 7) is 10.0. The Bertz CT molecular complexity index is 797. The van der Waals surface area contributed by atoms with Crippen LogP contribution in [0.1, 0.15) is 45.0 Å². The summed E-state index contributed by atoms with van der Waals surface area (Å²) in [6, 6.07) is 7.91. The van der Waals surface area contributed by atoms with Crippen LogP contribution in [0.5, 0.6) is 5.75 Å². The maximum atomic E-state index is 12.5. The van der Waals surface area contributed by atoms with Crippen LogP contribution in [0.4, 0.5) is 0 Å². The Hall–Kier alpha value is -2.34. The molecule has 0 spiro atoms. The highest BCUT2D eigenvalue weighted by Crippen LogP contribution is 2.26. The smallest absolute Gasteiger partial charge is 0.260 e. The first kappa shape index (κ1) is 20.4. The molecule has 1 N–H and O–H groups in total. The third-order valence-corrected chi connectivity index (χ3v) is 5.52. The van der Waals surface area contributed by atoms with Gasteiger partial charge in [-0.15, -0.1) is 0 Å². The normalized spacial score (nSPS) is 16.8. The lowest BCUT2D eigenvalue weighted by molar-refractivity contribution is -0.138. The summed E-state index contributed by atoms with van der Waals surface area (Å²) < 4.78 is 7.64. The lowest BCUT2D eigenvalue weighted by atomic mass is 9.87. The summed E-state index contributed by atoms with van der Waals surface area (Å²) in [5.74, 6) is 1.55. The summed E-state index contributed by atoms with van der Waals surface area (Å²) in [7, 11) is 0. The molecule has 0 aliphatic carbocycles. The zero-order valence-electron chi connectivity index (χ0n) is 17.3. The van der Waals surface area contributed by atoms with Crippen LogP contribution in [0.25, 0.3) is 0 Å². The van der Waals surface area contributed by atoms with E-state index in [1.165, 1.54) is 5.56 Å². The number of likely N-dealkylation sites (tertiary alicyclic amines) is 1. The number of aromatic nitrogens is 2. The number of benzene rings is 1. The first-order chi connectivity index (χ1) is 13.2. The van der Waals surface area contributed by atoms with Gasteiger partial charge in [0, 0.05) is 25.5 Å². The van der Waals surface area contributed by atoms with Gasteiger partial charge < -0.3 is 19.3 Å². The van der Waals surface area contributed by atoms with Crippen molar-refractivity contribution in [3.8, 4) is 5.75 Å². The molecule has 0 bridgehead atoms. The molecule has 28 heavy (non-hydrogen) atoms. The Morgan fingerprint density at radius 3 is 2.39 bits per heavy atom. The average molecular weight is 386 g/mol. The number of carbonyl (C=O) groups is 1. The number of rotatable bonds is 5. The molecule has 2 heterocycles. The standard InChI is InChI=1S/C22H31N3O3/c1-17-23-11-14-25(17)16-22(27)9-12-24(13-10-22)20(26)15-28-19-7-5-18(6-8-19)21(2,3)4/h5-8,11,14,27H,9-10,12-13,15-16H2,1-4H3. The van der Waals surface area contributed by atoms with Crippen molar-refractivity contribution in [2.75, 3.05) is 19.7 Å². The van der Waals surface area contributed by atoms with Crippen LogP contribution in [-0.4, -0.2) is 50.8 Å². The Labute approximate surface area is 167 Å². The fourth-order valence-corrected chi connectivity index (χ4v) is 3.51. The van der Waals surface area contributed by atoms with E-state index < -0.39 is 5.60 Å². The van der Waals surface area contributed by atoms with Crippen molar-refractivity contribution in [3.63, 3.8) is 0 Å². The highest BCUT2D eigenvalue weighted by molar-refractivity contribution is 5.77. The lowest BCUT2D eigenvalue weighted by Gasteiger charge is -2.38. The van der Waals surface area contributed by atoms with Gasteiger partial charge in [-0.25, -0.2) is 4.98 Å². The van der Waals surface area contributed by atoms with Gasteiger partial charge in [-0.05, 0) is 42.9 Å². The van der Waals surface area contributed by atoms with E-state index >= 15 is 0 Å². The Balaban J connectivity index is 1.48. The van der Waals surface area contributed by atoms with Crippen LogP contribution in [0.2, 0.25) is 0 Å². The van der Waals surface area contributed by atoms with Gasteiger partial charge in [-0.2, -0.15) is 0 Å². The second-order valence-electron chi connectivity index (χ2n) is 8.77. The predicted octanol–water partition coefficient (Wildman–Crippen LogP) is 2.92. The molecule has 6 heteroatoms. The molecule has 1 aromatic heterocycles. The zero-order chi connectivity index (χ0) is 20.4. The van der Waals surface area contributed by atoms with Gasteiger partial charge in [0.05, 0.1) is 12.1 Å². The monoisotopic (exact) mass is 385 g/mol. The van der Waals surface area contributed by atoms with Crippen molar-refractivity contribution in [2.45, 2.75) is 58.1 Å². The number of nitrogens with zero attached hydrogens (tertiary/aromatic N) is 3. The molecule has 1 aliphatic rings. The second kappa shape index (κ2) is 7.95. The number of amides is 1. The van der Waals surface area contributed by atoms with Crippen LogP contribution >= 0.6 is 0 Å². The third-order valence-electron chi connectivity index (χ3n) is 5.52. The maximum absolute atomic E-state index is 12.5. The Morgan fingerprint density at radius 2 is 1.86 bits per heavy atom. The largest absolute Gasteiger partial charge is 0.484 e.